The fourth-order valence-electron chi connectivity index (χ4n) is 0.769. The maximum Gasteiger partial charge on any atom is 0.319 e. The number of ether oxygens (including phenoxy) is 2. The SMILES string of the molecule is COCCC(O)CNCC(=O)OC.Cl. The average molecular weight is 228 g/mol. The summed E-state index contributed by atoms with van der Waals surface area (Å²) in [5, 5.41) is 12.0. The molecule has 0 amide bonds. The Balaban J connectivity index is 0. The molecule has 0 rings (SSSR count). The molecule has 0 aromatic rings. The van der Waals surface area contributed by atoms with Gasteiger partial charge in [0, 0.05) is 20.3 Å². The van der Waals surface area contributed by atoms with Gasteiger partial charge in [0.05, 0.1) is 19.8 Å². The van der Waals surface area contributed by atoms with Gasteiger partial charge in [0.25, 0.3) is 0 Å². The van der Waals surface area contributed by atoms with Crippen LogP contribution >= 0.6 is 12.4 Å². The van der Waals surface area contributed by atoms with Crippen LogP contribution in [0.5, 0.6) is 0 Å². The molecule has 14 heavy (non-hydrogen) atoms. The van der Waals surface area contributed by atoms with E-state index < -0.39 is 6.10 Å². The van der Waals surface area contributed by atoms with E-state index in [1.54, 1.807) is 7.11 Å². The van der Waals surface area contributed by atoms with Gasteiger partial charge < -0.3 is 19.9 Å². The molecule has 0 aromatic carbocycles. The van der Waals surface area contributed by atoms with E-state index in [1.165, 1.54) is 7.11 Å². The monoisotopic (exact) mass is 227 g/mol. The van der Waals surface area contributed by atoms with Crippen LogP contribution in [0.3, 0.4) is 0 Å². The van der Waals surface area contributed by atoms with E-state index in [2.05, 4.69) is 10.1 Å². The molecule has 6 heteroatoms. The van der Waals surface area contributed by atoms with Crippen LogP contribution in [-0.2, 0) is 14.3 Å². The second-order valence-electron chi connectivity index (χ2n) is 2.64. The Morgan fingerprint density at radius 3 is 2.64 bits per heavy atom. The van der Waals surface area contributed by atoms with Crippen LogP contribution in [0.1, 0.15) is 6.42 Å². The van der Waals surface area contributed by atoms with Gasteiger partial charge in [0.2, 0.25) is 0 Å². The van der Waals surface area contributed by atoms with Crippen molar-refractivity contribution in [1.29, 1.82) is 0 Å². The fourth-order valence-corrected chi connectivity index (χ4v) is 0.769. The number of methoxy groups -OCH3 is 2. The first-order valence-corrected chi connectivity index (χ1v) is 4.15. The Kier molecular flexibility index (Phi) is 12.3. The number of hydrogen-bond acceptors (Lipinski definition) is 5. The zero-order valence-electron chi connectivity index (χ0n) is 8.49. The van der Waals surface area contributed by atoms with Crippen LogP contribution in [0.25, 0.3) is 0 Å². The second kappa shape index (κ2) is 10.7. The van der Waals surface area contributed by atoms with Gasteiger partial charge in [-0.05, 0) is 6.42 Å². The van der Waals surface area contributed by atoms with Crippen molar-refractivity contribution in [2.24, 2.45) is 0 Å². The van der Waals surface area contributed by atoms with E-state index in [1.807, 2.05) is 0 Å². The number of carbonyl (C=O) groups excluding carboxylic acids is 1. The summed E-state index contributed by atoms with van der Waals surface area (Å²) in [6, 6.07) is 0. The van der Waals surface area contributed by atoms with Gasteiger partial charge in [0.15, 0.2) is 0 Å². The van der Waals surface area contributed by atoms with E-state index in [-0.39, 0.29) is 24.9 Å². The zero-order chi connectivity index (χ0) is 10.1. The molecule has 1 unspecified atom stereocenters. The summed E-state index contributed by atoms with van der Waals surface area (Å²) in [6.07, 6.45) is 0.0783. The molecule has 0 aliphatic rings. The Morgan fingerprint density at radius 2 is 2.14 bits per heavy atom. The summed E-state index contributed by atoms with van der Waals surface area (Å²) < 4.78 is 9.19. The minimum absolute atomic E-state index is 0. The number of hydrogen-bond donors (Lipinski definition) is 2. The molecule has 0 aliphatic heterocycles. The molecule has 0 saturated heterocycles. The van der Waals surface area contributed by atoms with Gasteiger partial charge in [-0.1, -0.05) is 0 Å². The summed E-state index contributed by atoms with van der Waals surface area (Å²) in [7, 11) is 2.90. The highest BCUT2D eigenvalue weighted by atomic mass is 35.5. The molecule has 5 nitrogen and oxygen atoms in total. The lowest BCUT2D eigenvalue weighted by atomic mass is 10.2. The molecule has 0 aromatic heterocycles. The minimum atomic E-state index is -0.482. The summed E-state index contributed by atoms with van der Waals surface area (Å²) >= 11 is 0. The number of carbonyl (C=O) groups is 1. The predicted octanol–water partition coefficient (Wildman–Crippen LogP) is -0.432. The second-order valence-corrected chi connectivity index (χ2v) is 2.64. The number of esters is 1. The van der Waals surface area contributed by atoms with E-state index in [0.717, 1.165) is 0 Å². The largest absolute Gasteiger partial charge is 0.468 e. The van der Waals surface area contributed by atoms with Crippen LogP contribution in [-0.4, -0.2) is 51.1 Å². The van der Waals surface area contributed by atoms with Gasteiger partial charge in [-0.2, -0.15) is 0 Å². The number of halogens is 1. The fraction of sp³-hybridized carbons (Fsp3) is 0.875. The normalized spacial score (nSPS) is 11.6. The minimum Gasteiger partial charge on any atom is -0.468 e. The number of rotatable bonds is 7. The van der Waals surface area contributed by atoms with E-state index in [9.17, 15) is 9.90 Å². The summed E-state index contributed by atoms with van der Waals surface area (Å²) in [4.78, 5) is 10.6. The molecular weight excluding hydrogens is 210 g/mol. The van der Waals surface area contributed by atoms with Crippen molar-refractivity contribution in [2.45, 2.75) is 12.5 Å². The van der Waals surface area contributed by atoms with Gasteiger partial charge in [-0.3, -0.25) is 4.79 Å². The van der Waals surface area contributed by atoms with Crippen LogP contribution in [0, 0.1) is 0 Å². The Hall–Kier alpha value is -0.360. The van der Waals surface area contributed by atoms with E-state index in [0.29, 0.717) is 19.6 Å². The molecule has 1 atom stereocenters. The van der Waals surface area contributed by atoms with Crippen molar-refractivity contribution in [3.63, 3.8) is 0 Å². The maximum atomic E-state index is 10.6. The third-order valence-electron chi connectivity index (χ3n) is 1.53. The molecule has 0 radical (unpaired) electrons. The molecule has 0 spiro atoms. The van der Waals surface area contributed by atoms with Crippen molar-refractivity contribution in [3.8, 4) is 0 Å². The van der Waals surface area contributed by atoms with Gasteiger partial charge in [-0.25, -0.2) is 0 Å². The Labute approximate surface area is 90.2 Å². The first-order valence-electron chi connectivity index (χ1n) is 4.15. The van der Waals surface area contributed by atoms with Gasteiger partial charge >= 0.3 is 5.97 Å². The van der Waals surface area contributed by atoms with Crippen molar-refractivity contribution in [3.05, 3.63) is 0 Å². The molecular formula is C8H18ClNO4. The molecule has 2 N–H and O–H groups in total. The summed E-state index contributed by atoms with van der Waals surface area (Å²) in [6.45, 7) is 1.01. The zero-order valence-corrected chi connectivity index (χ0v) is 9.30. The van der Waals surface area contributed by atoms with Crippen LogP contribution in [0.15, 0.2) is 0 Å². The lowest BCUT2D eigenvalue weighted by Crippen LogP contribution is -2.32. The number of nitrogens with one attached hydrogen (secondary N) is 1. The average Bonchev–Trinajstić information content (AvgIpc) is 2.14. The standard InChI is InChI=1S/C8H17NO4.ClH/c1-12-4-3-7(10)5-9-6-8(11)13-2;/h7,9-10H,3-6H2,1-2H3;1H. The van der Waals surface area contributed by atoms with Crippen LogP contribution in [0.2, 0.25) is 0 Å². The first-order chi connectivity index (χ1) is 6.20. The topological polar surface area (TPSA) is 67.8 Å². The predicted molar refractivity (Wildman–Crippen MR) is 54.6 cm³/mol. The molecule has 86 valence electrons. The van der Waals surface area contributed by atoms with Gasteiger partial charge in [-0.15, -0.1) is 12.4 Å². The number of aliphatic hydroxyl groups is 1. The smallest absolute Gasteiger partial charge is 0.319 e. The highest BCUT2D eigenvalue weighted by Crippen LogP contribution is 1.89. The molecule has 0 bridgehead atoms. The summed E-state index contributed by atoms with van der Waals surface area (Å²) in [5.41, 5.74) is 0. The molecule has 0 aliphatic carbocycles. The highest BCUT2D eigenvalue weighted by Gasteiger charge is 2.04. The quantitative estimate of drug-likeness (QED) is 0.578. The molecule has 0 fully saturated rings. The van der Waals surface area contributed by atoms with Gasteiger partial charge in [0.1, 0.15) is 0 Å². The van der Waals surface area contributed by atoms with E-state index >= 15 is 0 Å². The van der Waals surface area contributed by atoms with Crippen molar-refractivity contribution < 1.29 is 19.4 Å². The van der Waals surface area contributed by atoms with Crippen molar-refractivity contribution in [1.82, 2.24) is 5.32 Å². The van der Waals surface area contributed by atoms with Crippen molar-refractivity contribution in [2.75, 3.05) is 33.9 Å². The molecule has 0 heterocycles. The highest BCUT2D eigenvalue weighted by molar-refractivity contribution is 5.85. The Morgan fingerprint density at radius 1 is 1.50 bits per heavy atom. The Bertz CT molecular complexity index is 145. The third kappa shape index (κ3) is 9.73. The summed E-state index contributed by atoms with van der Waals surface area (Å²) in [5.74, 6) is -0.334. The lowest BCUT2D eigenvalue weighted by molar-refractivity contribution is -0.139. The molecule has 0 saturated carbocycles. The number of aliphatic hydroxyl groups excluding tert-OH is 1. The maximum absolute atomic E-state index is 10.6. The van der Waals surface area contributed by atoms with Crippen LogP contribution < -0.4 is 5.32 Å². The first kappa shape index (κ1) is 16.1. The van der Waals surface area contributed by atoms with E-state index in [4.69, 9.17) is 4.74 Å². The third-order valence-corrected chi connectivity index (χ3v) is 1.53. The van der Waals surface area contributed by atoms with Crippen molar-refractivity contribution >= 4 is 18.4 Å². The van der Waals surface area contributed by atoms with Crippen LogP contribution in [0.4, 0.5) is 0 Å². The lowest BCUT2D eigenvalue weighted by Gasteiger charge is -2.09.